The molecule has 0 fully saturated rings. The van der Waals surface area contributed by atoms with Crippen LogP contribution in [0.4, 0.5) is 0 Å². The summed E-state index contributed by atoms with van der Waals surface area (Å²) in [6.07, 6.45) is 1.72. The monoisotopic (exact) mass is 284 g/mol. The molecule has 0 saturated carbocycles. The van der Waals surface area contributed by atoms with E-state index in [-0.39, 0.29) is 5.75 Å². The second-order valence-corrected chi connectivity index (χ2v) is 4.37. The number of phenolic OH excluding ortho intramolecular Hbond substituents is 1. The third kappa shape index (κ3) is 3.63. The summed E-state index contributed by atoms with van der Waals surface area (Å²) in [5.41, 5.74) is 1.96. The van der Waals surface area contributed by atoms with Crippen molar-refractivity contribution in [1.29, 1.82) is 0 Å². The molecular weight excluding hydrogens is 268 g/mol. The number of methoxy groups -OCH3 is 2. The Balaban J connectivity index is 2.42. The molecule has 2 aromatic carbocycles. The van der Waals surface area contributed by atoms with E-state index in [1.807, 2.05) is 0 Å². The van der Waals surface area contributed by atoms with Crippen LogP contribution in [0, 0.1) is 0 Å². The highest BCUT2D eigenvalue weighted by molar-refractivity contribution is 6.21. The largest absolute Gasteiger partial charge is 0.508 e. The van der Waals surface area contributed by atoms with Gasteiger partial charge in [-0.3, -0.25) is 0 Å². The summed E-state index contributed by atoms with van der Waals surface area (Å²) in [6.45, 7) is 0. The first-order chi connectivity index (χ1) is 10.1. The van der Waals surface area contributed by atoms with Crippen LogP contribution < -0.4 is 4.74 Å². The highest BCUT2D eigenvalue weighted by atomic mass is 16.5. The first-order valence-electron chi connectivity index (χ1n) is 6.37. The minimum atomic E-state index is -0.423. The Morgan fingerprint density at radius 3 is 2.14 bits per heavy atom. The van der Waals surface area contributed by atoms with Gasteiger partial charge < -0.3 is 14.6 Å². The molecule has 0 bridgehead atoms. The maximum absolute atomic E-state index is 12.0. The summed E-state index contributed by atoms with van der Waals surface area (Å²) in [5, 5.41) is 9.29. The number of aromatic hydroxyl groups is 1. The maximum Gasteiger partial charge on any atom is 0.338 e. The average Bonchev–Trinajstić information content (AvgIpc) is 2.54. The molecule has 0 spiro atoms. The molecule has 0 heterocycles. The summed E-state index contributed by atoms with van der Waals surface area (Å²) in [4.78, 5) is 12.0. The van der Waals surface area contributed by atoms with Gasteiger partial charge in [0, 0.05) is 0 Å². The minimum absolute atomic E-state index is 0.177. The molecule has 4 nitrogen and oxygen atoms in total. The molecular formula is C17H16O4. The fourth-order valence-corrected chi connectivity index (χ4v) is 1.88. The van der Waals surface area contributed by atoms with E-state index in [9.17, 15) is 9.90 Å². The molecule has 1 N–H and O–H groups in total. The molecule has 108 valence electrons. The molecule has 0 atom stereocenters. The van der Waals surface area contributed by atoms with Crippen molar-refractivity contribution < 1.29 is 19.4 Å². The Morgan fingerprint density at radius 1 is 1.00 bits per heavy atom. The zero-order valence-corrected chi connectivity index (χ0v) is 11.9. The quantitative estimate of drug-likeness (QED) is 0.532. The fourth-order valence-electron chi connectivity index (χ4n) is 1.88. The van der Waals surface area contributed by atoms with Crippen LogP contribution in [-0.2, 0) is 9.53 Å². The van der Waals surface area contributed by atoms with Crippen molar-refractivity contribution in [1.82, 2.24) is 0 Å². The number of ether oxygens (including phenoxy) is 2. The van der Waals surface area contributed by atoms with Crippen LogP contribution in [0.5, 0.6) is 11.5 Å². The van der Waals surface area contributed by atoms with Crippen molar-refractivity contribution in [2.75, 3.05) is 14.2 Å². The highest BCUT2D eigenvalue weighted by Gasteiger charge is 2.12. The molecule has 4 heteroatoms. The number of phenols is 1. The van der Waals surface area contributed by atoms with Gasteiger partial charge in [-0.15, -0.1) is 0 Å². The molecule has 0 amide bonds. The zero-order valence-electron chi connectivity index (χ0n) is 11.9. The smallest absolute Gasteiger partial charge is 0.338 e. The molecule has 0 aliphatic rings. The Kier molecular flexibility index (Phi) is 4.61. The van der Waals surface area contributed by atoms with Crippen LogP contribution in [-0.4, -0.2) is 25.3 Å². The number of rotatable bonds is 4. The van der Waals surface area contributed by atoms with E-state index < -0.39 is 5.97 Å². The van der Waals surface area contributed by atoms with E-state index >= 15 is 0 Å². The number of carbonyl (C=O) groups excluding carboxylic acids is 1. The van der Waals surface area contributed by atoms with Gasteiger partial charge in [0.2, 0.25) is 0 Å². The zero-order chi connectivity index (χ0) is 15.2. The van der Waals surface area contributed by atoms with Crippen LogP contribution in [0.2, 0.25) is 0 Å². The first-order valence-corrected chi connectivity index (χ1v) is 6.37. The summed E-state index contributed by atoms with van der Waals surface area (Å²) >= 11 is 0. The summed E-state index contributed by atoms with van der Waals surface area (Å²) in [6, 6.07) is 13.7. The standard InChI is InChI=1S/C17H16O4/c1-20-15-9-5-13(6-10-15)16(17(19)21-2)11-12-3-7-14(18)8-4-12/h3-11,18H,1-2H3/b16-11-. The first kappa shape index (κ1) is 14.7. The lowest BCUT2D eigenvalue weighted by Crippen LogP contribution is -2.03. The lowest BCUT2D eigenvalue weighted by atomic mass is 10.0. The highest BCUT2D eigenvalue weighted by Crippen LogP contribution is 2.23. The fraction of sp³-hybridized carbons (Fsp3) is 0.118. The van der Waals surface area contributed by atoms with Gasteiger partial charge in [-0.05, 0) is 41.5 Å². The Morgan fingerprint density at radius 2 is 1.62 bits per heavy atom. The number of benzene rings is 2. The predicted molar refractivity (Wildman–Crippen MR) is 81.0 cm³/mol. The number of carbonyl (C=O) groups is 1. The van der Waals surface area contributed by atoms with Gasteiger partial charge in [0.25, 0.3) is 0 Å². The number of hydrogen-bond acceptors (Lipinski definition) is 4. The van der Waals surface area contributed by atoms with Gasteiger partial charge in [0.15, 0.2) is 0 Å². The van der Waals surface area contributed by atoms with Crippen LogP contribution in [0.1, 0.15) is 11.1 Å². The normalized spacial score (nSPS) is 11.0. The van der Waals surface area contributed by atoms with Gasteiger partial charge in [-0.2, -0.15) is 0 Å². The minimum Gasteiger partial charge on any atom is -0.508 e. The second-order valence-electron chi connectivity index (χ2n) is 4.37. The topological polar surface area (TPSA) is 55.8 Å². The van der Waals surface area contributed by atoms with Crippen molar-refractivity contribution in [3.8, 4) is 11.5 Å². The Labute approximate surface area is 123 Å². The summed E-state index contributed by atoms with van der Waals surface area (Å²) in [5.74, 6) is 0.469. The SMILES string of the molecule is COC(=O)/C(=C\c1ccc(O)cc1)c1ccc(OC)cc1. The summed E-state index contributed by atoms with van der Waals surface area (Å²) < 4.78 is 9.94. The third-order valence-corrected chi connectivity index (χ3v) is 3.01. The predicted octanol–water partition coefficient (Wildman–Crippen LogP) is 3.11. The molecule has 0 radical (unpaired) electrons. The van der Waals surface area contributed by atoms with Crippen molar-refractivity contribution in [3.63, 3.8) is 0 Å². The van der Waals surface area contributed by atoms with E-state index in [2.05, 4.69) is 0 Å². The van der Waals surface area contributed by atoms with Gasteiger partial charge in [-0.25, -0.2) is 4.79 Å². The lowest BCUT2D eigenvalue weighted by Gasteiger charge is -2.07. The van der Waals surface area contributed by atoms with E-state index in [1.165, 1.54) is 7.11 Å². The average molecular weight is 284 g/mol. The van der Waals surface area contributed by atoms with Gasteiger partial charge >= 0.3 is 5.97 Å². The van der Waals surface area contributed by atoms with Gasteiger partial charge in [-0.1, -0.05) is 24.3 Å². The van der Waals surface area contributed by atoms with Crippen LogP contribution in [0.15, 0.2) is 48.5 Å². The third-order valence-electron chi connectivity index (χ3n) is 3.01. The van der Waals surface area contributed by atoms with Crippen molar-refractivity contribution in [3.05, 3.63) is 59.7 Å². The maximum atomic E-state index is 12.0. The molecule has 0 unspecified atom stereocenters. The molecule has 0 aliphatic carbocycles. The van der Waals surface area contributed by atoms with Gasteiger partial charge in [0.05, 0.1) is 19.8 Å². The molecule has 0 aliphatic heterocycles. The van der Waals surface area contributed by atoms with E-state index in [0.717, 1.165) is 11.1 Å². The van der Waals surface area contributed by atoms with Crippen LogP contribution >= 0.6 is 0 Å². The lowest BCUT2D eigenvalue weighted by molar-refractivity contribution is -0.133. The van der Waals surface area contributed by atoms with Crippen molar-refractivity contribution in [2.45, 2.75) is 0 Å². The van der Waals surface area contributed by atoms with Crippen LogP contribution in [0.3, 0.4) is 0 Å². The second kappa shape index (κ2) is 6.61. The molecule has 2 rings (SSSR count). The van der Waals surface area contributed by atoms with Gasteiger partial charge in [0.1, 0.15) is 11.5 Å². The summed E-state index contributed by atoms with van der Waals surface area (Å²) in [7, 11) is 2.93. The number of hydrogen-bond donors (Lipinski definition) is 1. The molecule has 2 aromatic rings. The Bertz CT molecular complexity index is 639. The van der Waals surface area contributed by atoms with E-state index in [1.54, 1.807) is 61.7 Å². The number of esters is 1. The van der Waals surface area contributed by atoms with E-state index in [4.69, 9.17) is 9.47 Å². The molecule has 21 heavy (non-hydrogen) atoms. The molecule has 0 saturated heterocycles. The van der Waals surface area contributed by atoms with Crippen LogP contribution in [0.25, 0.3) is 11.6 Å². The Hall–Kier alpha value is -2.75. The van der Waals surface area contributed by atoms with E-state index in [0.29, 0.717) is 11.3 Å². The van der Waals surface area contributed by atoms with Crippen molar-refractivity contribution >= 4 is 17.6 Å². The molecule has 0 aromatic heterocycles. The van der Waals surface area contributed by atoms with Crippen molar-refractivity contribution in [2.24, 2.45) is 0 Å².